The maximum Gasteiger partial charge on any atom is 0.363 e. The Morgan fingerprint density at radius 1 is 1.33 bits per heavy atom. The van der Waals surface area contributed by atoms with Gasteiger partial charge in [-0.05, 0) is 29.8 Å². The average Bonchev–Trinajstić information content (AvgIpc) is 3.07. The molecular formula is C14H9ClN2O3S. The second-order valence-corrected chi connectivity index (χ2v) is 5.79. The molecule has 0 aromatic carbocycles. The van der Waals surface area contributed by atoms with Gasteiger partial charge in [0.15, 0.2) is 5.70 Å². The minimum atomic E-state index is -0.495. The van der Waals surface area contributed by atoms with E-state index < -0.39 is 5.97 Å². The zero-order valence-electron chi connectivity index (χ0n) is 10.9. The van der Waals surface area contributed by atoms with Gasteiger partial charge in [-0.25, -0.2) is 14.8 Å². The standard InChI is InChI=1S/C14H9ClN2O3S/c1-19-12-5-2-8(7-16-12)6-9-14(18)20-13(17-9)10-3-4-11(15)21-10/h2-7H,1H3. The molecule has 2 aromatic heterocycles. The van der Waals surface area contributed by atoms with Crippen molar-refractivity contribution in [3.05, 3.63) is 50.9 Å². The molecule has 7 heteroatoms. The Bertz CT molecular complexity index is 750. The molecule has 0 fully saturated rings. The van der Waals surface area contributed by atoms with Crippen LogP contribution in [-0.2, 0) is 9.53 Å². The summed E-state index contributed by atoms with van der Waals surface area (Å²) in [5, 5.41) is 0. The number of pyridine rings is 1. The highest BCUT2D eigenvalue weighted by molar-refractivity contribution is 7.18. The fourth-order valence-electron chi connectivity index (χ4n) is 1.70. The van der Waals surface area contributed by atoms with Gasteiger partial charge in [0.05, 0.1) is 16.3 Å². The zero-order valence-corrected chi connectivity index (χ0v) is 12.4. The van der Waals surface area contributed by atoms with E-state index in [9.17, 15) is 4.79 Å². The monoisotopic (exact) mass is 320 g/mol. The molecule has 106 valence electrons. The molecule has 0 N–H and O–H groups in total. The maximum atomic E-state index is 11.8. The lowest BCUT2D eigenvalue weighted by Gasteiger charge is -1.97. The number of methoxy groups -OCH3 is 1. The second kappa shape index (κ2) is 5.67. The summed E-state index contributed by atoms with van der Waals surface area (Å²) >= 11 is 7.16. The quantitative estimate of drug-likeness (QED) is 0.644. The van der Waals surface area contributed by atoms with Crippen LogP contribution in [0.3, 0.4) is 0 Å². The first-order valence-electron chi connectivity index (χ1n) is 5.94. The molecule has 3 rings (SSSR count). The molecule has 0 atom stereocenters. The molecule has 0 bridgehead atoms. The van der Waals surface area contributed by atoms with Crippen molar-refractivity contribution < 1.29 is 14.3 Å². The predicted octanol–water partition coefficient (Wildman–Crippen LogP) is 3.15. The van der Waals surface area contributed by atoms with E-state index in [0.29, 0.717) is 15.1 Å². The number of cyclic esters (lactones) is 1. The van der Waals surface area contributed by atoms with Gasteiger partial charge in [-0.3, -0.25) is 0 Å². The number of hydrogen-bond donors (Lipinski definition) is 0. The Balaban J connectivity index is 1.88. The fraction of sp³-hybridized carbons (Fsp3) is 0.0714. The highest BCUT2D eigenvalue weighted by Crippen LogP contribution is 2.26. The summed E-state index contributed by atoms with van der Waals surface area (Å²) in [6.45, 7) is 0. The van der Waals surface area contributed by atoms with Gasteiger partial charge in [-0.1, -0.05) is 11.6 Å². The Morgan fingerprint density at radius 3 is 2.81 bits per heavy atom. The summed E-state index contributed by atoms with van der Waals surface area (Å²) < 4.78 is 10.7. The topological polar surface area (TPSA) is 60.8 Å². The van der Waals surface area contributed by atoms with E-state index >= 15 is 0 Å². The SMILES string of the molecule is COc1ccc(C=C2N=C(c3ccc(Cl)s3)OC2=O)cn1. The fourth-order valence-corrected chi connectivity index (χ4v) is 2.67. The molecule has 0 unspecified atom stereocenters. The van der Waals surface area contributed by atoms with E-state index in [-0.39, 0.29) is 11.6 Å². The molecular weight excluding hydrogens is 312 g/mol. The number of halogens is 1. The van der Waals surface area contributed by atoms with Gasteiger partial charge in [0.25, 0.3) is 0 Å². The first kappa shape index (κ1) is 13.8. The van der Waals surface area contributed by atoms with Gasteiger partial charge in [0.1, 0.15) is 0 Å². The molecule has 0 amide bonds. The van der Waals surface area contributed by atoms with Gasteiger partial charge in [-0.2, -0.15) is 0 Å². The van der Waals surface area contributed by atoms with Crippen LogP contribution in [0.1, 0.15) is 10.4 Å². The molecule has 2 aromatic rings. The lowest BCUT2D eigenvalue weighted by Crippen LogP contribution is -2.03. The number of thiophene rings is 1. The van der Waals surface area contributed by atoms with Crippen LogP contribution < -0.4 is 4.74 Å². The summed E-state index contributed by atoms with van der Waals surface area (Å²) in [5.41, 5.74) is 0.957. The van der Waals surface area contributed by atoms with Gasteiger partial charge < -0.3 is 9.47 Å². The minimum absolute atomic E-state index is 0.224. The van der Waals surface area contributed by atoms with Gasteiger partial charge in [0, 0.05) is 12.3 Å². The first-order valence-corrected chi connectivity index (χ1v) is 7.13. The van der Waals surface area contributed by atoms with Crippen molar-refractivity contribution in [2.24, 2.45) is 4.99 Å². The Kier molecular flexibility index (Phi) is 3.72. The molecule has 0 radical (unpaired) electrons. The van der Waals surface area contributed by atoms with Crippen LogP contribution in [0.4, 0.5) is 0 Å². The highest BCUT2D eigenvalue weighted by atomic mass is 35.5. The Hall–Kier alpha value is -2.18. The van der Waals surface area contributed by atoms with E-state index in [2.05, 4.69) is 9.98 Å². The van der Waals surface area contributed by atoms with Crippen LogP contribution in [0.5, 0.6) is 5.88 Å². The van der Waals surface area contributed by atoms with Crippen molar-refractivity contribution in [3.63, 3.8) is 0 Å². The van der Waals surface area contributed by atoms with Crippen LogP contribution in [-0.4, -0.2) is 24.0 Å². The third-order valence-corrected chi connectivity index (χ3v) is 3.90. The van der Waals surface area contributed by atoms with Crippen molar-refractivity contribution in [1.29, 1.82) is 0 Å². The number of carbonyl (C=O) groups excluding carboxylic acids is 1. The molecule has 1 aliphatic heterocycles. The zero-order chi connectivity index (χ0) is 14.8. The van der Waals surface area contributed by atoms with Crippen molar-refractivity contribution in [1.82, 2.24) is 4.98 Å². The summed E-state index contributed by atoms with van der Waals surface area (Å²) in [5.74, 6) is 0.276. The predicted molar refractivity (Wildman–Crippen MR) is 80.7 cm³/mol. The minimum Gasteiger partial charge on any atom is -0.481 e. The largest absolute Gasteiger partial charge is 0.481 e. The number of esters is 1. The number of aromatic nitrogens is 1. The van der Waals surface area contributed by atoms with E-state index in [1.54, 1.807) is 36.5 Å². The van der Waals surface area contributed by atoms with Crippen LogP contribution in [0.15, 0.2) is 41.2 Å². The van der Waals surface area contributed by atoms with Gasteiger partial charge in [0.2, 0.25) is 11.8 Å². The summed E-state index contributed by atoms with van der Waals surface area (Å²) in [4.78, 5) is 20.8. The number of hydrogen-bond acceptors (Lipinski definition) is 6. The van der Waals surface area contributed by atoms with Gasteiger partial charge >= 0.3 is 5.97 Å². The molecule has 1 aliphatic rings. The number of nitrogens with zero attached hydrogens (tertiary/aromatic N) is 2. The van der Waals surface area contributed by atoms with Crippen LogP contribution in [0, 0.1) is 0 Å². The molecule has 0 saturated heterocycles. The normalized spacial score (nSPS) is 16.0. The highest BCUT2D eigenvalue weighted by Gasteiger charge is 2.25. The third-order valence-electron chi connectivity index (χ3n) is 2.68. The number of rotatable bonds is 3. The molecule has 3 heterocycles. The van der Waals surface area contributed by atoms with Crippen molar-refractivity contribution in [2.45, 2.75) is 0 Å². The van der Waals surface area contributed by atoms with Crippen LogP contribution in [0.2, 0.25) is 4.34 Å². The number of aliphatic imine (C=N–C) groups is 1. The lowest BCUT2D eigenvalue weighted by molar-refractivity contribution is -0.129. The molecule has 21 heavy (non-hydrogen) atoms. The van der Waals surface area contributed by atoms with Crippen LogP contribution in [0.25, 0.3) is 6.08 Å². The first-order chi connectivity index (χ1) is 10.2. The van der Waals surface area contributed by atoms with E-state index in [0.717, 1.165) is 5.56 Å². The molecule has 0 spiro atoms. The molecule has 0 saturated carbocycles. The molecule has 0 aliphatic carbocycles. The summed E-state index contributed by atoms with van der Waals surface area (Å²) in [7, 11) is 1.54. The van der Waals surface area contributed by atoms with E-state index in [1.165, 1.54) is 18.4 Å². The Morgan fingerprint density at radius 2 is 2.19 bits per heavy atom. The smallest absolute Gasteiger partial charge is 0.363 e. The maximum absolute atomic E-state index is 11.8. The Labute approximate surface area is 129 Å². The second-order valence-electron chi connectivity index (χ2n) is 4.07. The van der Waals surface area contributed by atoms with Crippen molar-refractivity contribution in [3.8, 4) is 5.88 Å². The van der Waals surface area contributed by atoms with E-state index in [4.69, 9.17) is 21.1 Å². The summed E-state index contributed by atoms with van der Waals surface area (Å²) in [6.07, 6.45) is 3.20. The van der Waals surface area contributed by atoms with Crippen molar-refractivity contribution >= 4 is 40.9 Å². The lowest BCUT2D eigenvalue weighted by atomic mass is 10.2. The van der Waals surface area contributed by atoms with Crippen molar-refractivity contribution in [2.75, 3.05) is 7.11 Å². The average molecular weight is 321 g/mol. The van der Waals surface area contributed by atoms with E-state index in [1.807, 2.05) is 0 Å². The summed E-state index contributed by atoms with van der Waals surface area (Å²) in [6, 6.07) is 6.97. The molecule has 5 nitrogen and oxygen atoms in total. The number of ether oxygens (including phenoxy) is 2. The third kappa shape index (κ3) is 2.96. The number of carbonyl (C=O) groups is 1. The van der Waals surface area contributed by atoms with Gasteiger partial charge in [-0.15, -0.1) is 11.3 Å². The van der Waals surface area contributed by atoms with Crippen LogP contribution >= 0.6 is 22.9 Å².